The van der Waals surface area contributed by atoms with Crippen LogP contribution in [0.2, 0.25) is 0 Å². The van der Waals surface area contributed by atoms with Gasteiger partial charge in [-0.15, -0.1) is 11.3 Å². The molecule has 182 valence electrons. The Morgan fingerprint density at radius 2 is 2.06 bits per heavy atom. The highest BCUT2D eigenvalue weighted by molar-refractivity contribution is 7.15. The van der Waals surface area contributed by atoms with E-state index in [1.807, 2.05) is 0 Å². The van der Waals surface area contributed by atoms with E-state index in [1.165, 1.54) is 12.5 Å². The van der Waals surface area contributed by atoms with Gasteiger partial charge in [-0.25, -0.2) is 15.0 Å². The number of benzene rings is 1. The van der Waals surface area contributed by atoms with Gasteiger partial charge in [0.1, 0.15) is 11.7 Å². The Morgan fingerprint density at radius 1 is 1.26 bits per heavy atom. The molecule has 1 fully saturated rings. The molecule has 1 atom stereocenters. The van der Waals surface area contributed by atoms with Crippen molar-refractivity contribution in [3.05, 3.63) is 35.2 Å². The summed E-state index contributed by atoms with van der Waals surface area (Å²) in [6, 6.07) is 3.52. The molecule has 3 heterocycles. The van der Waals surface area contributed by atoms with Crippen LogP contribution in [0.3, 0.4) is 0 Å². The van der Waals surface area contributed by atoms with E-state index in [4.69, 9.17) is 19.9 Å². The van der Waals surface area contributed by atoms with Gasteiger partial charge in [0.2, 0.25) is 0 Å². The minimum atomic E-state index is -1.41. The lowest BCUT2D eigenvalue weighted by Gasteiger charge is -2.27. The fraction of sp³-hybridized carbons (Fsp3) is 0.478. The normalized spacial score (nSPS) is 16.3. The van der Waals surface area contributed by atoms with Gasteiger partial charge in [0.05, 0.1) is 38.1 Å². The number of methoxy groups -OCH3 is 1. The number of nitrogens with two attached hydrogens (primary N) is 1. The zero-order valence-corrected chi connectivity index (χ0v) is 20.1. The number of carbonyl (C=O) groups is 1. The minimum Gasteiger partial charge on any atom is -0.493 e. The Kier molecular flexibility index (Phi) is 7.44. The number of carboxylic acid groups (broad SMARTS) is 1. The molecule has 2 aromatic heterocycles. The minimum absolute atomic E-state index is 0.262. The number of thiazole rings is 1. The summed E-state index contributed by atoms with van der Waals surface area (Å²) in [6.07, 6.45) is 4.01. The van der Waals surface area contributed by atoms with Gasteiger partial charge in [-0.3, -0.25) is 9.69 Å². The molecule has 1 unspecified atom stereocenters. The molecule has 1 saturated heterocycles. The van der Waals surface area contributed by atoms with Crippen LogP contribution in [-0.2, 0) is 14.9 Å². The van der Waals surface area contributed by atoms with Crippen LogP contribution >= 0.6 is 11.3 Å². The number of ether oxygens (including phenoxy) is 3. The van der Waals surface area contributed by atoms with Crippen molar-refractivity contribution >= 4 is 33.3 Å². The number of carboxylic acids is 1. The van der Waals surface area contributed by atoms with Crippen molar-refractivity contribution in [2.45, 2.75) is 25.2 Å². The molecule has 34 heavy (non-hydrogen) atoms. The summed E-state index contributed by atoms with van der Waals surface area (Å²) in [5, 5.41) is 11.2. The van der Waals surface area contributed by atoms with Gasteiger partial charge in [0.15, 0.2) is 16.6 Å². The summed E-state index contributed by atoms with van der Waals surface area (Å²) in [6.45, 7) is 6.67. The lowest BCUT2D eigenvalue weighted by molar-refractivity contribution is -0.142. The second-order valence-corrected chi connectivity index (χ2v) is 9.09. The molecular weight excluding hydrogens is 458 g/mol. The SMILES string of the molecule is CCC(C(=O)O)(c1cnc(N)s1)c1ncnc2cc(OCCCN3CCOCC3)c(OC)cc12. The number of aliphatic carboxylic acids is 1. The fourth-order valence-electron chi connectivity index (χ4n) is 4.27. The fourth-order valence-corrected chi connectivity index (χ4v) is 5.21. The summed E-state index contributed by atoms with van der Waals surface area (Å²) in [5.74, 6) is 0.0243. The van der Waals surface area contributed by atoms with E-state index in [2.05, 4.69) is 19.9 Å². The number of fused-ring (bicyclic) bond motifs is 1. The van der Waals surface area contributed by atoms with Gasteiger partial charge >= 0.3 is 5.97 Å². The van der Waals surface area contributed by atoms with Crippen molar-refractivity contribution in [1.82, 2.24) is 19.9 Å². The van der Waals surface area contributed by atoms with Crippen molar-refractivity contribution in [2.75, 3.05) is 52.3 Å². The third kappa shape index (κ3) is 4.63. The molecule has 0 amide bonds. The number of aromatic nitrogens is 3. The van der Waals surface area contributed by atoms with Crippen LogP contribution in [0.5, 0.6) is 11.5 Å². The maximum absolute atomic E-state index is 12.6. The van der Waals surface area contributed by atoms with Gasteiger partial charge < -0.3 is 25.1 Å². The first-order chi connectivity index (χ1) is 16.5. The van der Waals surface area contributed by atoms with E-state index in [1.54, 1.807) is 26.2 Å². The average Bonchev–Trinajstić information content (AvgIpc) is 3.29. The Bertz CT molecular complexity index is 1150. The van der Waals surface area contributed by atoms with Crippen LogP contribution in [0, 0.1) is 0 Å². The van der Waals surface area contributed by atoms with E-state index in [9.17, 15) is 9.90 Å². The van der Waals surface area contributed by atoms with Crippen LogP contribution in [-0.4, -0.2) is 77.5 Å². The molecule has 0 bridgehead atoms. The van der Waals surface area contributed by atoms with Crippen molar-refractivity contribution < 1.29 is 24.1 Å². The third-order valence-electron chi connectivity index (χ3n) is 6.14. The Labute approximate surface area is 201 Å². The van der Waals surface area contributed by atoms with Gasteiger partial charge in [-0.1, -0.05) is 6.92 Å². The second kappa shape index (κ2) is 10.5. The van der Waals surface area contributed by atoms with Gasteiger partial charge in [-0.2, -0.15) is 0 Å². The quantitative estimate of drug-likeness (QED) is 0.411. The maximum Gasteiger partial charge on any atom is 0.321 e. The van der Waals surface area contributed by atoms with E-state index < -0.39 is 11.4 Å². The van der Waals surface area contributed by atoms with E-state index in [-0.39, 0.29) is 6.42 Å². The largest absolute Gasteiger partial charge is 0.493 e. The summed E-state index contributed by atoms with van der Waals surface area (Å²) in [4.78, 5) is 28.4. The number of hydrogen-bond donors (Lipinski definition) is 2. The molecule has 0 spiro atoms. The highest BCUT2D eigenvalue weighted by Gasteiger charge is 2.45. The average molecular weight is 488 g/mol. The molecular formula is C23H29N5O5S. The monoisotopic (exact) mass is 487 g/mol. The van der Waals surface area contributed by atoms with Gasteiger partial charge in [0, 0.05) is 42.2 Å². The molecule has 0 radical (unpaired) electrons. The lowest BCUT2D eigenvalue weighted by atomic mass is 9.78. The predicted molar refractivity (Wildman–Crippen MR) is 129 cm³/mol. The van der Waals surface area contributed by atoms with Gasteiger partial charge in [-0.05, 0) is 18.9 Å². The molecule has 0 aliphatic carbocycles. The maximum atomic E-state index is 12.6. The summed E-state index contributed by atoms with van der Waals surface area (Å²) in [7, 11) is 1.55. The number of anilines is 1. The lowest BCUT2D eigenvalue weighted by Crippen LogP contribution is -2.37. The highest BCUT2D eigenvalue weighted by Crippen LogP contribution is 2.43. The Balaban J connectivity index is 1.65. The number of hydrogen-bond acceptors (Lipinski definition) is 10. The third-order valence-corrected chi connectivity index (χ3v) is 7.13. The zero-order valence-electron chi connectivity index (χ0n) is 19.3. The molecule has 1 aliphatic heterocycles. The van der Waals surface area contributed by atoms with Crippen LogP contribution in [0.4, 0.5) is 5.13 Å². The highest BCUT2D eigenvalue weighted by atomic mass is 32.1. The summed E-state index contributed by atoms with van der Waals surface area (Å²) < 4.78 is 17.0. The summed E-state index contributed by atoms with van der Waals surface area (Å²) >= 11 is 1.15. The van der Waals surface area contributed by atoms with Crippen LogP contribution in [0.25, 0.3) is 10.9 Å². The standard InChI is InChI=1S/C23H29N5O5S/c1-3-23(21(29)30,19-13-25-22(24)34-19)20-15-11-17(31-2)18(12-16(15)26-14-27-20)33-8-4-5-28-6-9-32-10-7-28/h11-14H,3-10H2,1-2H3,(H2,24,25)(H,29,30). The first-order valence-corrected chi connectivity index (χ1v) is 12.0. The summed E-state index contributed by atoms with van der Waals surface area (Å²) in [5.41, 5.74) is 5.36. The molecule has 3 N–H and O–H groups in total. The molecule has 3 aromatic rings. The van der Waals surface area contributed by atoms with Crippen molar-refractivity contribution in [1.29, 1.82) is 0 Å². The van der Waals surface area contributed by atoms with Crippen LogP contribution in [0.15, 0.2) is 24.7 Å². The van der Waals surface area contributed by atoms with Gasteiger partial charge in [0.25, 0.3) is 0 Å². The second-order valence-electron chi connectivity index (χ2n) is 8.03. The number of morpholine rings is 1. The van der Waals surface area contributed by atoms with Crippen molar-refractivity contribution in [3.63, 3.8) is 0 Å². The smallest absolute Gasteiger partial charge is 0.321 e. The molecule has 4 rings (SSSR count). The van der Waals surface area contributed by atoms with Crippen LogP contribution in [0.1, 0.15) is 30.3 Å². The number of rotatable bonds is 10. The van der Waals surface area contributed by atoms with E-state index in [0.717, 1.165) is 50.6 Å². The number of nitrogen functional groups attached to an aromatic ring is 1. The molecule has 1 aliphatic rings. The Hall–Kier alpha value is -3.02. The predicted octanol–water partition coefficient (Wildman–Crippen LogP) is 2.56. The first kappa shape index (κ1) is 24.1. The molecule has 10 nitrogen and oxygen atoms in total. The Morgan fingerprint density at radius 3 is 2.71 bits per heavy atom. The first-order valence-electron chi connectivity index (χ1n) is 11.2. The van der Waals surface area contributed by atoms with Crippen LogP contribution < -0.4 is 15.2 Å². The van der Waals surface area contributed by atoms with Crippen molar-refractivity contribution in [2.24, 2.45) is 0 Å². The molecule has 0 saturated carbocycles. The molecule has 1 aromatic carbocycles. The van der Waals surface area contributed by atoms with Crippen molar-refractivity contribution in [3.8, 4) is 11.5 Å². The number of nitrogens with zero attached hydrogens (tertiary/aromatic N) is 4. The topological polar surface area (TPSA) is 133 Å². The van der Waals surface area contributed by atoms with E-state index in [0.29, 0.717) is 44.7 Å². The molecule has 11 heteroatoms. The zero-order chi connectivity index (χ0) is 24.1. The van der Waals surface area contributed by atoms with E-state index >= 15 is 0 Å².